The number of nitriles is 1. The Balaban J connectivity index is 2.92. The number of nitrogens with one attached hydrogen (secondary N) is 1. The predicted molar refractivity (Wildman–Crippen MR) is 94.7 cm³/mol. The lowest BCUT2D eigenvalue weighted by molar-refractivity contribution is -0.116. The second-order valence-electron chi connectivity index (χ2n) is 5.61. The number of methoxy groups -OCH3 is 1. The summed E-state index contributed by atoms with van der Waals surface area (Å²) in [6, 6.07) is 7.20. The molecule has 5 heteroatoms. The van der Waals surface area contributed by atoms with Gasteiger partial charge in [0.05, 0.1) is 13.7 Å². The lowest BCUT2D eigenvalue weighted by Crippen LogP contribution is -2.24. The molecule has 1 aromatic carbocycles. The second kappa shape index (κ2) is 10.1. The van der Waals surface area contributed by atoms with Crippen LogP contribution >= 0.6 is 0 Å². The first-order valence-corrected chi connectivity index (χ1v) is 7.83. The van der Waals surface area contributed by atoms with E-state index < -0.39 is 5.91 Å². The van der Waals surface area contributed by atoms with Gasteiger partial charge >= 0.3 is 0 Å². The van der Waals surface area contributed by atoms with Crippen LogP contribution in [0, 0.1) is 17.2 Å². The molecule has 1 rings (SSSR count). The Labute approximate surface area is 143 Å². The molecule has 0 aliphatic rings. The van der Waals surface area contributed by atoms with Crippen molar-refractivity contribution >= 4 is 12.0 Å². The van der Waals surface area contributed by atoms with Crippen molar-refractivity contribution in [2.75, 3.05) is 20.3 Å². The van der Waals surface area contributed by atoms with Crippen LogP contribution in [0.25, 0.3) is 6.08 Å². The van der Waals surface area contributed by atoms with E-state index in [2.05, 4.69) is 25.7 Å². The number of hydrogen-bond donors (Lipinski definition) is 1. The SMILES string of the molecule is C=CCNC(=O)/C(C#N)=C/c1ccc(OCCC(C)C)c(OC)c1. The van der Waals surface area contributed by atoms with Crippen LogP contribution in [0.2, 0.25) is 0 Å². The number of amides is 1. The summed E-state index contributed by atoms with van der Waals surface area (Å²) in [5.41, 5.74) is 0.709. The Morgan fingerprint density at radius 2 is 2.17 bits per heavy atom. The van der Waals surface area contributed by atoms with Crippen LogP contribution in [0.3, 0.4) is 0 Å². The molecule has 1 amide bonds. The van der Waals surface area contributed by atoms with E-state index in [1.54, 1.807) is 31.4 Å². The zero-order chi connectivity index (χ0) is 17.9. The lowest BCUT2D eigenvalue weighted by atomic mass is 10.1. The third-order valence-electron chi connectivity index (χ3n) is 3.22. The van der Waals surface area contributed by atoms with Gasteiger partial charge in [-0.05, 0) is 36.1 Å². The Bertz CT molecular complexity index is 643. The van der Waals surface area contributed by atoms with Crippen LogP contribution in [0.15, 0.2) is 36.4 Å². The van der Waals surface area contributed by atoms with Crippen molar-refractivity contribution in [3.8, 4) is 17.6 Å². The van der Waals surface area contributed by atoms with E-state index in [1.165, 1.54) is 6.08 Å². The highest BCUT2D eigenvalue weighted by Crippen LogP contribution is 2.29. The lowest BCUT2D eigenvalue weighted by Gasteiger charge is -2.12. The molecule has 0 aliphatic heterocycles. The van der Waals surface area contributed by atoms with E-state index >= 15 is 0 Å². The van der Waals surface area contributed by atoms with Crippen LogP contribution in [0.5, 0.6) is 11.5 Å². The van der Waals surface area contributed by atoms with Crippen molar-refractivity contribution in [1.82, 2.24) is 5.32 Å². The van der Waals surface area contributed by atoms with Gasteiger partial charge in [-0.15, -0.1) is 6.58 Å². The van der Waals surface area contributed by atoms with Crippen LogP contribution in [0.4, 0.5) is 0 Å². The van der Waals surface area contributed by atoms with Crippen LogP contribution in [0.1, 0.15) is 25.8 Å². The Kier molecular flexibility index (Phi) is 8.14. The van der Waals surface area contributed by atoms with Gasteiger partial charge in [-0.1, -0.05) is 26.0 Å². The van der Waals surface area contributed by atoms with Gasteiger partial charge in [0.25, 0.3) is 5.91 Å². The maximum absolute atomic E-state index is 11.9. The minimum absolute atomic E-state index is 0.0207. The van der Waals surface area contributed by atoms with Crippen molar-refractivity contribution < 1.29 is 14.3 Å². The summed E-state index contributed by atoms with van der Waals surface area (Å²) in [7, 11) is 1.56. The van der Waals surface area contributed by atoms with Crippen molar-refractivity contribution in [1.29, 1.82) is 5.26 Å². The fraction of sp³-hybridized carbons (Fsp3) is 0.368. The molecule has 0 saturated carbocycles. The smallest absolute Gasteiger partial charge is 0.262 e. The number of nitrogens with zero attached hydrogens (tertiary/aromatic N) is 1. The summed E-state index contributed by atoms with van der Waals surface area (Å²) in [5.74, 6) is 1.33. The monoisotopic (exact) mass is 328 g/mol. The fourth-order valence-electron chi connectivity index (χ4n) is 1.87. The molecule has 0 heterocycles. The maximum atomic E-state index is 11.9. The van der Waals surface area contributed by atoms with E-state index in [9.17, 15) is 4.79 Å². The van der Waals surface area contributed by atoms with Gasteiger partial charge in [-0.3, -0.25) is 4.79 Å². The summed E-state index contributed by atoms with van der Waals surface area (Å²) in [6.07, 6.45) is 4.02. The number of carbonyl (C=O) groups excluding carboxylic acids is 1. The second-order valence-corrected chi connectivity index (χ2v) is 5.61. The molecule has 0 bridgehead atoms. The average molecular weight is 328 g/mol. The van der Waals surface area contributed by atoms with Gasteiger partial charge in [0.1, 0.15) is 11.6 Å². The van der Waals surface area contributed by atoms with Gasteiger partial charge in [0.2, 0.25) is 0 Å². The fourth-order valence-corrected chi connectivity index (χ4v) is 1.87. The number of hydrogen-bond acceptors (Lipinski definition) is 4. The zero-order valence-electron chi connectivity index (χ0n) is 14.5. The molecule has 0 aromatic heterocycles. The number of rotatable bonds is 9. The van der Waals surface area contributed by atoms with E-state index in [-0.39, 0.29) is 5.57 Å². The predicted octanol–water partition coefficient (Wildman–Crippen LogP) is 3.33. The highest BCUT2D eigenvalue weighted by Gasteiger charge is 2.10. The Morgan fingerprint density at radius 3 is 2.75 bits per heavy atom. The molecule has 0 aliphatic carbocycles. The summed E-state index contributed by atoms with van der Waals surface area (Å²) in [4.78, 5) is 11.9. The molecule has 0 saturated heterocycles. The summed E-state index contributed by atoms with van der Waals surface area (Å²) >= 11 is 0. The first-order chi connectivity index (χ1) is 11.5. The molecular weight excluding hydrogens is 304 g/mol. The van der Waals surface area contributed by atoms with Crippen molar-refractivity contribution in [2.24, 2.45) is 5.92 Å². The average Bonchev–Trinajstić information content (AvgIpc) is 2.57. The minimum atomic E-state index is -0.436. The van der Waals surface area contributed by atoms with E-state index in [1.807, 2.05) is 6.07 Å². The van der Waals surface area contributed by atoms with Crippen LogP contribution < -0.4 is 14.8 Å². The molecule has 0 unspecified atom stereocenters. The molecule has 1 N–H and O–H groups in total. The van der Waals surface area contributed by atoms with Gasteiger partial charge in [-0.25, -0.2) is 0 Å². The number of carbonyl (C=O) groups is 1. The Morgan fingerprint density at radius 1 is 1.42 bits per heavy atom. The molecule has 1 aromatic rings. The largest absolute Gasteiger partial charge is 0.493 e. The molecule has 0 spiro atoms. The third-order valence-corrected chi connectivity index (χ3v) is 3.22. The summed E-state index contributed by atoms with van der Waals surface area (Å²) in [6.45, 7) is 8.71. The van der Waals surface area contributed by atoms with Gasteiger partial charge in [0, 0.05) is 6.54 Å². The van der Waals surface area contributed by atoms with Gasteiger partial charge in [0.15, 0.2) is 11.5 Å². The zero-order valence-corrected chi connectivity index (χ0v) is 14.5. The topological polar surface area (TPSA) is 71.4 Å². The third kappa shape index (κ3) is 6.17. The maximum Gasteiger partial charge on any atom is 0.262 e. The molecule has 0 atom stereocenters. The highest BCUT2D eigenvalue weighted by molar-refractivity contribution is 6.01. The highest BCUT2D eigenvalue weighted by atomic mass is 16.5. The quantitative estimate of drug-likeness (QED) is 0.429. The van der Waals surface area contributed by atoms with Crippen LogP contribution in [-0.2, 0) is 4.79 Å². The van der Waals surface area contributed by atoms with Gasteiger partial charge < -0.3 is 14.8 Å². The van der Waals surface area contributed by atoms with Crippen molar-refractivity contribution in [3.05, 3.63) is 42.0 Å². The summed E-state index contributed by atoms with van der Waals surface area (Å²) in [5, 5.41) is 11.7. The van der Waals surface area contributed by atoms with E-state index in [4.69, 9.17) is 14.7 Å². The Hall–Kier alpha value is -2.74. The van der Waals surface area contributed by atoms with Crippen LogP contribution in [-0.4, -0.2) is 26.2 Å². The number of benzene rings is 1. The van der Waals surface area contributed by atoms with E-state index in [0.717, 1.165) is 6.42 Å². The molecule has 0 fully saturated rings. The molecule has 24 heavy (non-hydrogen) atoms. The summed E-state index contributed by atoms with van der Waals surface area (Å²) < 4.78 is 11.1. The van der Waals surface area contributed by atoms with Crippen molar-refractivity contribution in [3.63, 3.8) is 0 Å². The van der Waals surface area contributed by atoms with Crippen molar-refractivity contribution in [2.45, 2.75) is 20.3 Å². The minimum Gasteiger partial charge on any atom is -0.493 e. The first-order valence-electron chi connectivity index (χ1n) is 7.83. The first kappa shape index (κ1) is 19.3. The molecule has 0 radical (unpaired) electrons. The number of ether oxygens (including phenoxy) is 2. The standard InChI is InChI=1S/C19H24N2O3/c1-5-9-21-19(22)16(13-20)11-15-6-7-17(18(12-15)23-4)24-10-8-14(2)3/h5-7,11-12,14H,1,8-10H2,2-4H3,(H,21,22)/b16-11+. The molecular formula is C19H24N2O3. The molecule has 128 valence electrons. The van der Waals surface area contributed by atoms with E-state index in [0.29, 0.717) is 36.1 Å². The molecule has 5 nitrogen and oxygen atoms in total. The van der Waals surface area contributed by atoms with Gasteiger partial charge in [-0.2, -0.15) is 5.26 Å². The normalized spacial score (nSPS) is 10.9.